The highest BCUT2D eigenvalue weighted by atomic mass is 16.2. The van der Waals surface area contributed by atoms with Crippen LogP contribution in [0.25, 0.3) is 0 Å². The Kier molecular flexibility index (Phi) is 5.95. The van der Waals surface area contributed by atoms with Gasteiger partial charge in [-0.05, 0) is 31.1 Å². The number of likely N-dealkylation sites (tertiary alicyclic amines) is 1. The van der Waals surface area contributed by atoms with E-state index < -0.39 is 6.92 Å². The van der Waals surface area contributed by atoms with Crippen molar-refractivity contribution in [3.63, 3.8) is 0 Å². The molecule has 0 aromatic rings. The van der Waals surface area contributed by atoms with Gasteiger partial charge in [-0.15, -0.1) is 0 Å². The number of amides is 1. The summed E-state index contributed by atoms with van der Waals surface area (Å²) in [5.41, 5.74) is 0.0471. The Morgan fingerprint density at radius 3 is 2.45 bits per heavy atom. The third-order valence-corrected chi connectivity index (χ3v) is 5.58. The molecule has 0 aromatic carbocycles. The van der Waals surface area contributed by atoms with Crippen LogP contribution in [-0.2, 0) is 4.79 Å². The van der Waals surface area contributed by atoms with Crippen molar-refractivity contribution >= 4 is 12.8 Å². The van der Waals surface area contributed by atoms with Gasteiger partial charge in [0.15, 0.2) is 0 Å². The Balaban J connectivity index is 2.19. The minimum absolute atomic E-state index is 0.00356. The van der Waals surface area contributed by atoms with Gasteiger partial charge in [0.1, 0.15) is 0 Å². The first kappa shape index (κ1) is 17.8. The van der Waals surface area contributed by atoms with Gasteiger partial charge in [-0.3, -0.25) is 4.79 Å². The van der Waals surface area contributed by atoms with E-state index in [0.29, 0.717) is 6.04 Å². The summed E-state index contributed by atoms with van der Waals surface area (Å²) in [6.07, 6.45) is 7.91. The lowest BCUT2D eigenvalue weighted by Gasteiger charge is -2.43. The van der Waals surface area contributed by atoms with Gasteiger partial charge in [0.05, 0.1) is 6.04 Å². The standard InChI is InChI=1S/C17H33BN2O2/c1-13(2)19-15(17(3)10-6-5-7-11-17)16(21)20-12-8-9-14(20)18(4)22/h13-15,19,22H,5-12H2,1-4H3. The summed E-state index contributed by atoms with van der Waals surface area (Å²) in [5.74, 6) is 0.206. The van der Waals surface area contributed by atoms with Crippen LogP contribution in [0.1, 0.15) is 65.7 Å². The highest BCUT2D eigenvalue weighted by molar-refractivity contribution is 6.51. The monoisotopic (exact) mass is 308 g/mol. The van der Waals surface area contributed by atoms with Crippen LogP contribution in [0.15, 0.2) is 0 Å². The summed E-state index contributed by atoms with van der Waals surface area (Å²) in [6.45, 7) is 8.66. The SMILES string of the molecule is CB(O)C1CCCN1C(=O)C(NC(C)C)C1(C)CCCCC1. The van der Waals surface area contributed by atoms with E-state index in [9.17, 15) is 9.82 Å². The van der Waals surface area contributed by atoms with Gasteiger partial charge in [0.2, 0.25) is 5.91 Å². The van der Waals surface area contributed by atoms with Crippen molar-refractivity contribution < 1.29 is 9.82 Å². The highest BCUT2D eigenvalue weighted by Crippen LogP contribution is 2.40. The van der Waals surface area contributed by atoms with Crippen LogP contribution >= 0.6 is 0 Å². The van der Waals surface area contributed by atoms with E-state index in [0.717, 1.165) is 32.2 Å². The van der Waals surface area contributed by atoms with Gasteiger partial charge in [-0.1, -0.05) is 46.9 Å². The third kappa shape index (κ3) is 3.86. The number of nitrogens with one attached hydrogen (secondary N) is 1. The molecule has 2 N–H and O–H groups in total. The molecule has 0 spiro atoms. The van der Waals surface area contributed by atoms with Gasteiger partial charge in [-0.2, -0.15) is 0 Å². The predicted octanol–water partition coefficient (Wildman–Crippen LogP) is 2.47. The number of nitrogens with zero attached hydrogens (tertiary/aromatic N) is 1. The van der Waals surface area contributed by atoms with Crippen molar-refractivity contribution in [1.29, 1.82) is 0 Å². The van der Waals surface area contributed by atoms with Crippen molar-refractivity contribution in [2.45, 2.75) is 90.6 Å². The zero-order valence-electron chi connectivity index (χ0n) is 14.8. The number of hydrogen-bond donors (Lipinski definition) is 2. The minimum atomic E-state index is -0.440. The molecule has 5 heteroatoms. The second-order valence-corrected chi connectivity index (χ2v) is 7.95. The second kappa shape index (κ2) is 7.35. The van der Waals surface area contributed by atoms with Crippen LogP contribution in [0.5, 0.6) is 0 Å². The van der Waals surface area contributed by atoms with Crippen LogP contribution < -0.4 is 5.32 Å². The molecule has 2 rings (SSSR count). The summed E-state index contributed by atoms with van der Waals surface area (Å²) < 4.78 is 0. The lowest BCUT2D eigenvalue weighted by atomic mass is 9.62. The summed E-state index contributed by atoms with van der Waals surface area (Å²) in [4.78, 5) is 15.2. The molecule has 4 nitrogen and oxygen atoms in total. The fourth-order valence-corrected chi connectivity index (χ4v) is 4.29. The van der Waals surface area contributed by atoms with Crippen molar-refractivity contribution in [2.24, 2.45) is 5.41 Å². The van der Waals surface area contributed by atoms with Crippen molar-refractivity contribution in [2.75, 3.05) is 6.54 Å². The predicted molar refractivity (Wildman–Crippen MR) is 91.8 cm³/mol. The molecule has 2 aliphatic rings. The van der Waals surface area contributed by atoms with Gasteiger partial charge in [0.25, 0.3) is 0 Å². The first-order valence-corrected chi connectivity index (χ1v) is 9.10. The van der Waals surface area contributed by atoms with Crippen molar-refractivity contribution in [1.82, 2.24) is 10.2 Å². The maximum Gasteiger partial charge on any atom is 0.309 e. The van der Waals surface area contributed by atoms with Crippen LogP contribution in [0.3, 0.4) is 0 Å². The van der Waals surface area contributed by atoms with Gasteiger partial charge in [-0.25, -0.2) is 0 Å². The molecule has 2 atom stereocenters. The van der Waals surface area contributed by atoms with E-state index in [4.69, 9.17) is 0 Å². The van der Waals surface area contributed by atoms with E-state index >= 15 is 0 Å². The average Bonchev–Trinajstić information content (AvgIpc) is 2.94. The number of carbonyl (C=O) groups excluding carboxylic acids is 1. The van der Waals surface area contributed by atoms with Crippen LogP contribution in [0.2, 0.25) is 6.82 Å². The maximum atomic E-state index is 13.3. The molecular weight excluding hydrogens is 275 g/mol. The van der Waals surface area contributed by atoms with E-state index in [1.807, 2.05) is 11.7 Å². The van der Waals surface area contributed by atoms with Gasteiger partial charge in [0, 0.05) is 18.5 Å². The molecule has 1 saturated carbocycles. The summed E-state index contributed by atoms with van der Waals surface area (Å²) in [5, 5.41) is 13.5. The fourth-order valence-electron chi connectivity index (χ4n) is 4.29. The van der Waals surface area contributed by atoms with Crippen LogP contribution in [-0.4, -0.2) is 47.3 Å². The molecule has 1 aliphatic carbocycles. The van der Waals surface area contributed by atoms with Gasteiger partial charge < -0.3 is 15.2 Å². The molecule has 126 valence electrons. The number of rotatable bonds is 5. The number of carbonyl (C=O) groups is 1. The molecule has 1 saturated heterocycles. The Labute approximate surface area is 136 Å². The Morgan fingerprint density at radius 2 is 1.91 bits per heavy atom. The highest BCUT2D eigenvalue weighted by Gasteiger charge is 2.45. The average molecular weight is 308 g/mol. The lowest BCUT2D eigenvalue weighted by Crippen LogP contribution is -2.59. The quantitative estimate of drug-likeness (QED) is 0.767. The van der Waals surface area contributed by atoms with Crippen LogP contribution in [0, 0.1) is 5.41 Å². The Morgan fingerprint density at radius 1 is 1.27 bits per heavy atom. The van der Waals surface area contributed by atoms with E-state index in [1.54, 1.807) is 0 Å². The smallest absolute Gasteiger partial charge is 0.309 e. The maximum absolute atomic E-state index is 13.3. The molecule has 0 bridgehead atoms. The lowest BCUT2D eigenvalue weighted by molar-refractivity contribution is -0.137. The zero-order valence-corrected chi connectivity index (χ0v) is 14.8. The van der Waals surface area contributed by atoms with Crippen molar-refractivity contribution in [3.05, 3.63) is 0 Å². The Hall–Kier alpha value is -0.545. The summed E-state index contributed by atoms with van der Waals surface area (Å²) in [7, 11) is 0. The zero-order chi connectivity index (χ0) is 16.3. The minimum Gasteiger partial charge on any atom is -0.449 e. The molecule has 2 unspecified atom stereocenters. The summed E-state index contributed by atoms with van der Waals surface area (Å²) in [6, 6.07) is 0.174. The molecule has 1 amide bonds. The van der Waals surface area contributed by atoms with Gasteiger partial charge >= 0.3 is 6.92 Å². The first-order valence-electron chi connectivity index (χ1n) is 9.10. The molecule has 1 aliphatic heterocycles. The Bertz CT molecular complexity index is 381. The van der Waals surface area contributed by atoms with Crippen molar-refractivity contribution in [3.8, 4) is 0 Å². The molecule has 2 fully saturated rings. The molecule has 0 aromatic heterocycles. The van der Waals surface area contributed by atoms with Crippen LogP contribution in [0.4, 0.5) is 0 Å². The van der Waals surface area contributed by atoms with E-state index in [1.165, 1.54) is 19.3 Å². The van der Waals surface area contributed by atoms with E-state index in [2.05, 4.69) is 26.1 Å². The molecule has 22 heavy (non-hydrogen) atoms. The molecular formula is C17H33BN2O2. The third-order valence-electron chi connectivity index (χ3n) is 5.58. The number of hydrogen-bond acceptors (Lipinski definition) is 3. The summed E-state index contributed by atoms with van der Waals surface area (Å²) >= 11 is 0. The fraction of sp³-hybridized carbons (Fsp3) is 0.941. The van der Waals surface area contributed by atoms with E-state index in [-0.39, 0.29) is 23.3 Å². The molecule has 1 heterocycles. The largest absolute Gasteiger partial charge is 0.449 e. The first-order chi connectivity index (χ1) is 10.3. The topological polar surface area (TPSA) is 52.6 Å². The normalized spacial score (nSPS) is 26.3. The molecule has 0 radical (unpaired) electrons. The second-order valence-electron chi connectivity index (χ2n) is 7.95.